The van der Waals surface area contributed by atoms with Gasteiger partial charge in [0.25, 0.3) is 5.91 Å². The SMILES string of the molecule is CN(C)CCCNC(=O)c1ccccc1C(=O)OC(C)(C)Cc1ccccc1. The van der Waals surface area contributed by atoms with Crippen LogP contribution in [0.15, 0.2) is 54.6 Å². The van der Waals surface area contributed by atoms with Gasteiger partial charge in [0.05, 0.1) is 11.1 Å². The number of ether oxygens (including phenoxy) is 1. The van der Waals surface area contributed by atoms with E-state index in [-0.39, 0.29) is 11.5 Å². The highest BCUT2D eigenvalue weighted by atomic mass is 16.6. The van der Waals surface area contributed by atoms with Crippen LogP contribution in [0.5, 0.6) is 0 Å². The molecule has 0 saturated carbocycles. The summed E-state index contributed by atoms with van der Waals surface area (Å²) in [6, 6.07) is 16.7. The number of amides is 1. The third-order valence-corrected chi connectivity index (χ3v) is 4.30. The van der Waals surface area contributed by atoms with Gasteiger partial charge >= 0.3 is 5.97 Å². The maximum absolute atomic E-state index is 12.8. The molecule has 0 radical (unpaired) electrons. The third-order valence-electron chi connectivity index (χ3n) is 4.30. The zero-order valence-electron chi connectivity index (χ0n) is 17.2. The van der Waals surface area contributed by atoms with Gasteiger partial charge in [0.1, 0.15) is 5.60 Å². The maximum atomic E-state index is 12.8. The van der Waals surface area contributed by atoms with Gasteiger partial charge in [-0.25, -0.2) is 4.79 Å². The van der Waals surface area contributed by atoms with Crippen LogP contribution in [0, 0.1) is 0 Å². The number of nitrogens with one attached hydrogen (secondary N) is 1. The van der Waals surface area contributed by atoms with Crippen LogP contribution in [0.4, 0.5) is 0 Å². The molecule has 0 unspecified atom stereocenters. The van der Waals surface area contributed by atoms with Gasteiger partial charge in [-0.15, -0.1) is 0 Å². The second-order valence-corrected chi connectivity index (χ2v) is 7.77. The summed E-state index contributed by atoms with van der Waals surface area (Å²) in [5.74, 6) is -0.743. The number of esters is 1. The molecule has 0 heterocycles. The number of hydrogen-bond acceptors (Lipinski definition) is 4. The molecule has 2 aromatic carbocycles. The second kappa shape index (κ2) is 10.0. The summed E-state index contributed by atoms with van der Waals surface area (Å²) in [5, 5.41) is 2.88. The van der Waals surface area contributed by atoms with Gasteiger partial charge in [0.15, 0.2) is 0 Å². The van der Waals surface area contributed by atoms with E-state index in [9.17, 15) is 9.59 Å². The molecule has 0 saturated heterocycles. The van der Waals surface area contributed by atoms with Crippen molar-refractivity contribution in [3.05, 3.63) is 71.3 Å². The van der Waals surface area contributed by atoms with Crippen molar-refractivity contribution in [2.45, 2.75) is 32.3 Å². The average Bonchev–Trinajstić information content (AvgIpc) is 2.65. The van der Waals surface area contributed by atoms with Crippen molar-refractivity contribution in [3.8, 4) is 0 Å². The Bertz CT molecular complexity index is 785. The van der Waals surface area contributed by atoms with E-state index < -0.39 is 11.6 Å². The number of benzene rings is 2. The quantitative estimate of drug-likeness (QED) is 0.532. The molecule has 0 aliphatic heterocycles. The van der Waals surface area contributed by atoms with Crippen LogP contribution in [-0.2, 0) is 11.2 Å². The number of nitrogens with zero attached hydrogens (tertiary/aromatic N) is 1. The molecule has 0 aromatic heterocycles. The van der Waals surface area contributed by atoms with E-state index in [0.29, 0.717) is 18.5 Å². The molecular formula is C23H30N2O3. The largest absolute Gasteiger partial charge is 0.456 e. The zero-order chi connectivity index (χ0) is 20.6. The Balaban J connectivity index is 2.04. The summed E-state index contributed by atoms with van der Waals surface area (Å²) in [6.45, 7) is 5.20. The van der Waals surface area contributed by atoms with Crippen LogP contribution >= 0.6 is 0 Å². The zero-order valence-corrected chi connectivity index (χ0v) is 17.2. The molecule has 1 N–H and O–H groups in total. The minimum atomic E-state index is -0.687. The van der Waals surface area contributed by atoms with Crippen molar-refractivity contribution in [1.82, 2.24) is 10.2 Å². The van der Waals surface area contributed by atoms with E-state index in [0.717, 1.165) is 18.5 Å². The van der Waals surface area contributed by atoms with Crippen LogP contribution in [0.3, 0.4) is 0 Å². The van der Waals surface area contributed by atoms with Crippen molar-refractivity contribution in [2.24, 2.45) is 0 Å². The molecule has 0 spiro atoms. The fourth-order valence-electron chi connectivity index (χ4n) is 2.98. The first-order valence-corrected chi connectivity index (χ1v) is 9.58. The molecular weight excluding hydrogens is 352 g/mol. The standard InChI is InChI=1S/C23H30N2O3/c1-23(2,17-18-11-6-5-7-12-18)28-22(27)20-14-9-8-13-19(20)21(26)24-15-10-16-25(3)4/h5-9,11-14H,10,15-17H2,1-4H3,(H,24,26). The van der Waals surface area contributed by atoms with Crippen molar-refractivity contribution in [2.75, 3.05) is 27.2 Å². The molecule has 150 valence electrons. The Morgan fingerprint density at radius 3 is 2.21 bits per heavy atom. The van der Waals surface area contributed by atoms with E-state index in [1.165, 1.54) is 0 Å². The molecule has 28 heavy (non-hydrogen) atoms. The monoisotopic (exact) mass is 382 g/mol. The van der Waals surface area contributed by atoms with E-state index in [2.05, 4.69) is 10.2 Å². The normalized spacial score (nSPS) is 11.3. The van der Waals surface area contributed by atoms with Gasteiger partial charge in [-0.05, 0) is 58.6 Å². The first-order valence-electron chi connectivity index (χ1n) is 9.58. The first-order chi connectivity index (χ1) is 13.3. The van der Waals surface area contributed by atoms with E-state index in [4.69, 9.17) is 4.74 Å². The molecule has 0 atom stereocenters. The minimum absolute atomic E-state index is 0.257. The van der Waals surface area contributed by atoms with Crippen LogP contribution < -0.4 is 5.32 Å². The van der Waals surface area contributed by atoms with Crippen molar-refractivity contribution in [1.29, 1.82) is 0 Å². The fourth-order valence-corrected chi connectivity index (χ4v) is 2.98. The number of hydrogen-bond donors (Lipinski definition) is 1. The lowest BCUT2D eigenvalue weighted by molar-refractivity contribution is -0.000829. The van der Waals surface area contributed by atoms with Gasteiger partial charge in [-0.1, -0.05) is 42.5 Å². The average molecular weight is 383 g/mol. The van der Waals surface area contributed by atoms with Gasteiger partial charge < -0.3 is 15.0 Å². The van der Waals surface area contributed by atoms with Gasteiger partial charge in [0, 0.05) is 13.0 Å². The fraction of sp³-hybridized carbons (Fsp3) is 0.391. The number of carbonyl (C=O) groups is 2. The Morgan fingerprint density at radius 2 is 1.57 bits per heavy atom. The number of rotatable bonds is 9. The number of carbonyl (C=O) groups excluding carboxylic acids is 2. The lowest BCUT2D eigenvalue weighted by atomic mass is 9.98. The first kappa shape index (κ1) is 21.6. The van der Waals surface area contributed by atoms with Crippen LogP contribution in [0.1, 0.15) is 46.5 Å². The van der Waals surface area contributed by atoms with Crippen LogP contribution in [0.25, 0.3) is 0 Å². The van der Waals surface area contributed by atoms with Gasteiger partial charge in [-0.2, -0.15) is 0 Å². The predicted octanol–water partition coefficient (Wildman–Crippen LogP) is 3.55. The summed E-state index contributed by atoms with van der Waals surface area (Å²) in [6.07, 6.45) is 1.44. The van der Waals surface area contributed by atoms with Crippen molar-refractivity contribution < 1.29 is 14.3 Å². The highest BCUT2D eigenvalue weighted by molar-refractivity contribution is 6.05. The summed E-state index contributed by atoms with van der Waals surface area (Å²) >= 11 is 0. The molecule has 1 amide bonds. The lowest BCUT2D eigenvalue weighted by Crippen LogP contribution is -2.32. The Hall–Kier alpha value is -2.66. The Kier molecular flexibility index (Phi) is 7.76. The molecule has 0 aliphatic rings. The highest BCUT2D eigenvalue weighted by Gasteiger charge is 2.26. The van der Waals surface area contributed by atoms with Crippen molar-refractivity contribution >= 4 is 11.9 Å². The van der Waals surface area contributed by atoms with Gasteiger partial charge in [0.2, 0.25) is 0 Å². The smallest absolute Gasteiger partial charge is 0.339 e. The van der Waals surface area contributed by atoms with E-state index in [1.54, 1.807) is 24.3 Å². The molecule has 2 aromatic rings. The molecule has 2 rings (SSSR count). The third kappa shape index (κ3) is 6.82. The molecule has 0 fully saturated rings. The molecule has 0 aliphatic carbocycles. The lowest BCUT2D eigenvalue weighted by Gasteiger charge is -2.25. The maximum Gasteiger partial charge on any atom is 0.339 e. The van der Waals surface area contributed by atoms with E-state index >= 15 is 0 Å². The Labute approximate surface area is 167 Å². The second-order valence-electron chi connectivity index (χ2n) is 7.77. The predicted molar refractivity (Wildman–Crippen MR) is 112 cm³/mol. The molecule has 5 heteroatoms. The topological polar surface area (TPSA) is 58.6 Å². The van der Waals surface area contributed by atoms with Crippen LogP contribution in [0.2, 0.25) is 0 Å². The summed E-state index contributed by atoms with van der Waals surface area (Å²) in [7, 11) is 3.98. The van der Waals surface area contributed by atoms with Crippen molar-refractivity contribution in [3.63, 3.8) is 0 Å². The molecule has 5 nitrogen and oxygen atoms in total. The van der Waals surface area contributed by atoms with Gasteiger partial charge in [-0.3, -0.25) is 4.79 Å². The Morgan fingerprint density at radius 1 is 0.964 bits per heavy atom. The minimum Gasteiger partial charge on any atom is -0.456 e. The highest BCUT2D eigenvalue weighted by Crippen LogP contribution is 2.20. The molecule has 0 bridgehead atoms. The summed E-state index contributed by atoms with van der Waals surface area (Å²) < 4.78 is 5.75. The summed E-state index contributed by atoms with van der Waals surface area (Å²) in [4.78, 5) is 27.4. The van der Waals surface area contributed by atoms with E-state index in [1.807, 2.05) is 58.3 Å². The summed E-state index contributed by atoms with van der Waals surface area (Å²) in [5.41, 5.74) is 1.03. The van der Waals surface area contributed by atoms with Crippen LogP contribution in [-0.4, -0.2) is 49.6 Å².